The average molecular weight is 308 g/mol. The second kappa shape index (κ2) is 9.51. The monoisotopic (exact) mass is 308 g/mol. The predicted octanol–water partition coefficient (Wildman–Crippen LogP) is 0.954. The Morgan fingerprint density at radius 1 is 1.14 bits per heavy atom. The van der Waals surface area contributed by atoms with Gasteiger partial charge in [-0.1, -0.05) is 6.07 Å². The van der Waals surface area contributed by atoms with Crippen LogP contribution in [0.15, 0.2) is 24.3 Å². The Balaban J connectivity index is 2.42. The highest BCUT2D eigenvalue weighted by molar-refractivity contribution is 5.97. The van der Waals surface area contributed by atoms with E-state index in [0.717, 1.165) is 0 Å². The molecule has 2 N–H and O–H groups in total. The third-order valence-corrected chi connectivity index (χ3v) is 2.74. The van der Waals surface area contributed by atoms with Gasteiger partial charge >= 0.3 is 5.97 Å². The first kappa shape index (κ1) is 17.6. The predicted molar refractivity (Wildman–Crippen MR) is 80.5 cm³/mol. The summed E-state index contributed by atoms with van der Waals surface area (Å²) in [6, 6.07) is 6.54. The van der Waals surface area contributed by atoms with Gasteiger partial charge in [-0.05, 0) is 18.2 Å². The van der Waals surface area contributed by atoms with Gasteiger partial charge in [-0.15, -0.1) is 0 Å². The van der Waals surface area contributed by atoms with Crippen molar-refractivity contribution in [3.8, 4) is 0 Å². The standard InChI is InChI=1S/C15H20N2O5/c1-16-15(20)11-4-3-5-12(10-11)17-13(18)6-7-14(19)22-9-8-21-2/h3-5,10H,6-9H2,1-2H3,(H,16,20)(H,17,18). The van der Waals surface area contributed by atoms with Gasteiger partial charge in [0.1, 0.15) is 6.61 Å². The maximum atomic E-state index is 11.8. The molecule has 0 saturated heterocycles. The van der Waals surface area contributed by atoms with Crippen molar-refractivity contribution in [2.45, 2.75) is 12.8 Å². The summed E-state index contributed by atoms with van der Waals surface area (Å²) in [5, 5.41) is 5.14. The van der Waals surface area contributed by atoms with E-state index in [1.165, 1.54) is 14.2 Å². The van der Waals surface area contributed by atoms with Crippen LogP contribution in [0.3, 0.4) is 0 Å². The van der Waals surface area contributed by atoms with Gasteiger partial charge in [-0.3, -0.25) is 14.4 Å². The fourth-order valence-electron chi connectivity index (χ4n) is 1.63. The molecular weight excluding hydrogens is 288 g/mol. The van der Waals surface area contributed by atoms with Crippen molar-refractivity contribution in [2.75, 3.05) is 32.7 Å². The molecule has 0 aromatic heterocycles. The lowest BCUT2D eigenvalue weighted by Crippen LogP contribution is -2.19. The van der Waals surface area contributed by atoms with E-state index in [0.29, 0.717) is 17.9 Å². The molecule has 1 aromatic rings. The molecule has 22 heavy (non-hydrogen) atoms. The van der Waals surface area contributed by atoms with Crippen LogP contribution in [-0.2, 0) is 19.1 Å². The van der Waals surface area contributed by atoms with Gasteiger partial charge in [0.05, 0.1) is 13.0 Å². The van der Waals surface area contributed by atoms with Crippen molar-refractivity contribution in [1.82, 2.24) is 5.32 Å². The molecule has 7 nitrogen and oxygen atoms in total. The lowest BCUT2D eigenvalue weighted by molar-refractivity contribution is -0.145. The molecule has 0 saturated carbocycles. The van der Waals surface area contributed by atoms with Gasteiger partial charge in [0.15, 0.2) is 0 Å². The number of methoxy groups -OCH3 is 1. The van der Waals surface area contributed by atoms with Crippen LogP contribution in [-0.4, -0.2) is 45.2 Å². The minimum absolute atomic E-state index is 0.00924. The molecule has 1 aromatic carbocycles. The summed E-state index contributed by atoms with van der Waals surface area (Å²) in [5.41, 5.74) is 0.943. The summed E-state index contributed by atoms with van der Waals surface area (Å²) >= 11 is 0. The highest BCUT2D eigenvalue weighted by Gasteiger charge is 2.09. The second-order valence-electron chi connectivity index (χ2n) is 4.42. The first-order valence-electron chi connectivity index (χ1n) is 6.83. The smallest absolute Gasteiger partial charge is 0.306 e. The van der Waals surface area contributed by atoms with Crippen molar-refractivity contribution in [3.63, 3.8) is 0 Å². The zero-order valence-corrected chi connectivity index (χ0v) is 12.7. The molecule has 0 aliphatic carbocycles. The highest BCUT2D eigenvalue weighted by Crippen LogP contribution is 2.11. The van der Waals surface area contributed by atoms with Crippen LogP contribution in [0.25, 0.3) is 0 Å². The number of carbonyl (C=O) groups is 3. The SMILES string of the molecule is CNC(=O)c1cccc(NC(=O)CCC(=O)OCCOC)c1. The van der Waals surface area contributed by atoms with Gasteiger partial charge in [0.2, 0.25) is 5.91 Å². The van der Waals surface area contributed by atoms with Gasteiger partial charge in [0.25, 0.3) is 5.91 Å². The van der Waals surface area contributed by atoms with E-state index in [1.54, 1.807) is 24.3 Å². The van der Waals surface area contributed by atoms with E-state index in [4.69, 9.17) is 9.47 Å². The van der Waals surface area contributed by atoms with E-state index in [2.05, 4.69) is 10.6 Å². The Hall–Kier alpha value is -2.41. The average Bonchev–Trinajstić information content (AvgIpc) is 2.52. The summed E-state index contributed by atoms with van der Waals surface area (Å²) in [7, 11) is 3.04. The highest BCUT2D eigenvalue weighted by atomic mass is 16.6. The summed E-state index contributed by atoms with van der Waals surface area (Å²) in [6.45, 7) is 0.495. The molecule has 7 heteroatoms. The number of hydrogen-bond acceptors (Lipinski definition) is 5. The van der Waals surface area contributed by atoms with Crippen LogP contribution in [0.5, 0.6) is 0 Å². The Bertz CT molecular complexity index is 530. The van der Waals surface area contributed by atoms with E-state index in [1.807, 2.05) is 0 Å². The van der Waals surface area contributed by atoms with Crippen LogP contribution in [0.1, 0.15) is 23.2 Å². The topological polar surface area (TPSA) is 93.7 Å². The summed E-state index contributed by atoms with van der Waals surface area (Å²) < 4.78 is 9.60. The van der Waals surface area contributed by atoms with Crippen molar-refractivity contribution in [3.05, 3.63) is 29.8 Å². The lowest BCUT2D eigenvalue weighted by Gasteiger charge is -2.07. The van der Waals surface area contributed by atoms with E-state index >= 15 is 0 Å². The Labute approximate surface area is 129 Å². The quantitative estimate of drug-likeness (QED) is 0.551. The molecule has 0 radical (unpaired) electrons. The Morgan fingerprint density at radius 3 is 2.59 bits per heavy atom. The normalized spacial score (nSPS) is 9.91. The maximum Gasteiger partial charge on any atom is 0.306 e. The number of benzene rings is 1. The first-order valence-corrected chi connectivity index (χ1v) is 6.83. The number of nitrogens with one attached hydrogen (secondary N) is 2. The van der Waals surface area contributed by atoms with E-state index < -0.39 is 5.97 Å². The minimum atomic E-state index is -0.452. The number of esters is 1. The molecule has 0 aliphatic heterocycles. The van der Waals surface area contributed by atoms with Gasteiger partial charge in [0, 0.05) is 31.8 Å². The molecule has 120 valence electrons. The second-order valence-corrected chi connectivity index (χ2v) is 4.42. The van der Waals surface area contributed by atoms with Crippen LogP contribution < -0.4 is 10.6 Å². The molecule has 1 rings (SSSR count). The number of rotatable bonds is 8. The van der Waals surface area contributed by atoms with Crippen LogP contribution in [0.2, 0.25) is 0 Å². The first-order chi connectivity index (χ1) is 10.6. The number of amides is 2. The number of hydrogen-bond donors (Lipinski definition) is 2. The molecule has 2 amide bonds. The number of carbonyl (C=O) groups excluding carboxylic acids is 3. The maximum absolute atomic E-state index is 11.8. The molecular formula is C15H20N2O5. The summed E-state index contributed by atoms with van der Waals surface area (Å²) in [6.07, 6.45) is 0.000696. The van der Waals surface area contributed by atoms with Crippen LogP contribution in [0.4, 0.5) is 5.69 Å². The zero-order chi connectivity index (χ0) is 16.4. The minimum Gasteiger partial charge on any atom is -0.463 e. The molecule has 0 spiro atoms. The van der Waals surface area contributed by atoms with Crippen LogP contribution >= 0.6 is 0 Å². The fraction of sp³-hybridized carbons (Fsp3) is 0.400. The molecule has 0 bridgehead atoms. The number of anilines is 1. The van der Waals surface area contributed by atoms with Gasteiger partial charge < -0.3 is 20.1 Å². The number of ether oxygens (including phenoxy) is 2. The molecule has 0 fully saturated rings. The van der Waals surface area contributed by atoms with Gasteiger partial charge in [-0.2, -0.15) is 0 Å². The lowest BCUT2D eigenvalue weighted by atomic mass is 10.2. The third-order valence-electron chi connectivity index (χ3n) is 2.74. The Morgan fingerprint density at radius 2 is 1.91 bits per heavy atom. The summed E-state index contributed by atoms with van der Waals surface area (Å²) in [4.78, 5) is 34.6. The molecule has 0 heterocycles. The largest absolute Gasteiger partial charge is 0.463 e. The molecule has 0 unspecified atom stereocenters. The van der Waals surface area contributed by atoms with Crippen molar-refractivity contribution >= 4 is 23.5 Å². The van der Waals surface area contributed by atoms with Crippen molar-refractivity contribution in [1.29, 1.82) is 0 Å². The summed E-state index contributed by atoms with van der Waals surface area (Å²) in [5.74, 6) is -1.01. The van der Waals surface area contributed by atoms with E-state index in [9.17, 15) is 14.4 Å². The zero-order valence-electron chi connectivity index (χ0n) is 12.7. The van der Waals surface area contributed by atoms with Gasteiger partial charge in [-0.25, -0.2) is 0 Å². The molecule has 0 atom stereocenters. The van der Waals surface area contributed by atoms with E-state index in [-0.39, 0.29) is 31.3 Å². The van der Waals surface area contributed by atoms with Crippen LogP contribution in [0, 0.1) is 0 Å². The fourth-order valence-corrected chi connectivity index (χ4v) is 1.63. The molecule has 0 aliphatic rings. The Kier molecular flexibility index (Phi) is 7.63. The van der Waals surface area contributed by atoms with Crippen molar-refractivity contribution < 1.29 is 23.9 Å². The third kappa shape index (κ3) is 6.36. The van der Waals surface area contributed by atoms with Crippen molar-refractivity contribution in [2.24, 2.45) is 0 Å².